The molecule has 6 heteroatoms. The van der Waals surface area contributed by atoms with Crippen molar-refractivity contribution in [2.45, 2.75) is 26.3 Å². The van der Waals surface area contributed by atoms with Gasteiger partial charge in [-0.1, -0.05) is 13.0 Å². The topological polar surface area (TPSA) is 53.4 Å². The van der Waals surface area contributed by atoms with Gasteiger partial charge in [0, 0.05) is 6.54 Å². The molecule has 1 saturated heterocycles. The number of aliphatic hydroxyl groups excluding tert-OH is 1. The van der Waals surface area contributed by atoms with Crippen LogP contribution in [0.4, 0.5) is 0 Å². The van der Waals surface area contributed by atoms with E-state index in [1.807, 2.05) is 29.3 Å². The number of likely N-dealkylation sites (tertiary alicyclic amines) is 1. The average molecular weight is 322 g/mol. The van der Waals surface area contributed by atoms with Gasteiger partial charge in [-0.25, -0.2) is 4.98 Å². The minimum absolute atomic E-state index is 0.0104. The van der Waals surface area contributed by atoms with Crippen LogP contribution in [0.5, 0.6) is 0 Å². The number of thiophene rings is 1. The Hall–Kier alpha value is -1.24. The molecule has 1 fully saturated rings. The Morgan fingerprint density at radius 2 is 2.38 bits per heavy atom. The van der Waals surface area contributed by atoms with E-state index in [9.17, 15) is 9.90 Å². The van der Waals surface area contributed by atoms with E-state index in [2.05, 4.69) is 11.9 Å². The molecule has 1 N–H and O–H groups in total. The number of amides is 1. The van der Waals surface area contributed by atoms with E-state index in [1.165, 1.54) is 11.3 Å². The van der Waals surface area contributed by atoms with Crippen LogP contribution in [0.3, 0.4) is 0 Å². The Balaban J connectivity index is 1.88. The second-order valence-electron chi connectivity index (χ2n) is 5.43. The van der Waals surface area contributed by atoms with Crippen LogP contribution < -0.4 is 0 Å². The molecule has 1 aliphatic rings. The first-order chi connectivity index (χ1) is 10.1. The number of aliphatic hydroxyl groups is 1. The fourth-order valence-electron chi connectivity index (χ4n) is 2.77. The first-order valence-electron chi connectivity index (χ1n) is 7.05. The summed E-state index contributed by atoms with van der Waals surface area (Å²) in [5, 5.41) is 12.4. The molecule has 21 heavy (non-hydrogen) atoms. The van der Waals surface area contributed by atoms with Crippen molar-refractivity contribution in [3.05, 3.63) is 28.1 Å². The number of nitrogens with zero attached hydrogens (tertiary/aromatic N) is 2. The molecule has 2 aromatic heterocycles. The molecule has 0 bridgehead atoms. The Labute approximate surface area is 132 Å². The highest BCUT2D eigenvalue weighted by atomic mass is 32.1. The second-order valence-corrected chi connectivity index (χ2v) is 7.37. The Bertz CT molecular complexity index is 636. The van der Waals surface area contributed by atoms with Gasteiger partial charge in [-0.05, 0) is 30.7 Å². The van der Waals surface area contributed by atoms with Crippen molar-refractivity contribution < 1.29 is 9.90 Å². The Kier molecular flexibility index (Phi) is 4.10. The predicted molar refractivity (Wildman–Crippen MR) is 85.9 cm³/mol. The van der Waals surface area contributed by atoms with Gasteiger partial charge in [0.15, 0.2) is 0 Å². The molecular weight excluding hydrogens is 304 g/mol. The fraction of sp³-hybridized carbons (Fsp3) is 0.467. The molecule has 3 heterocycles. The summed E-state index contributed by atoms with van der Waals surface area (Å²) in [7, 11) is 0. The maximum Gasteiger partial charge on any atom is 0.266 e. The number of hydrogen-bond acceptors (Lipinski definition) is 5. The van der Waals surface area contributed by atoms with Gasteiger partial charge < -0.3 is 10.0 Å². The summed E-state index contributed by atoms with van der Waals surface area (Å²) in [6, 6.07) is 3.94. The third-order valence-corrected chi connectivity index (χ3v) is 6.24. The maximum atomic E-state index is 12.8. The minimum Gasteiger partial charge on any atom is -0.394 e. The number of aryl methyl sites for hydroxylation is 1. The third kappa shape index (κ3) is 2.63. The van der Waals surface area contributed by atoms with E-state index in [-0.39, 0.29) is 18.6 Å². The third-order valence-electron chi connectivity index (χ3n) is 4.05. The zero-order chi connectivity index (χ0) is 15.0. The highest BCUT2D eigenvalue weighted by molar-refractivity contribution is 7.22. The standard InChI is InChI=1S/C15H18N2O2S2/c1-9-5-6-17(11(9)8-18)15(19)13-10(2)16-14(21-13)12-4-3-7-20-12/h3-4,7,9,11,18H,5-6,8H2,1-2H3. The van der Waals surface area contributed by atoms with Crippen LogP contribution in [0.25, 0.3) is 9.88 Å². The van der Waals surface area contributed by atoms with E-state index >= 15 is 0 Å². The highest BCUT2D eigenvalue weighted by Gasteiger charge is 2.35. The van der Waals surface area contributed by atoms with E-state index in [1.54, 1.807) is 11.3 Å². The van der Waals surface area contributed by atoms with Crippen LogP contribution >= 0.6 is 22.7 Å². The molecule has 0 saturated carbocycles. The number of hydrogen-bond donors (Lipinski definition) is 1. The quantitative estimate of drug-likeness (QED) is 0.945. The number of carbonyl (C=O) groups excluding carboxylic acids is 1. The van der Waals surface area contributed by atoms with Gasteiger partial charge in [-0.3, -0.25) is 4.79 Å². The molecule has 3 rings (SSSR count). The van der Waals surface area contributed by atoms with Gasteiger partial charge >= 0.3 is 0 Å². The fourth-order valence-corrected chi connectivity index (χ4v) is 4.59. The van der Waals surface area contributed by atoms with E-state index in [0.29, 0.717) is 10.8 Å². The summed E-state index contributed by atoms with van der Waals surface area (Å²) >= 11 is 3.08. The van der Waals surface area contributed by atoms with Crippen LogP contribution in [0.1, 0.15) is 28.7 Å². The van der Waals surface area contributed by atoms with Crippen LogP contribution in [0.15, 0.2) is 17.5 Å². The number of rotatable bonds is 3. The second kappa shape index (κ2) is 5.87. The van der Waals surface area contributed by atoms with Crippen molar-refractivity contribution in [1.29, 1.82) is 0 Å². The molecule has 112 valence electrons. The lowest BCUT2D eigenvalue weighted by Gasteiger charge is -2.24. The molecule has 0 aromatic carbocycles. The molecule has 0 aliphatic carbocycles. The van der Waals surface area contributed by atoms with Crippen molar-refractivity contribution in [1.82, 2.24) is 9.88 Å². The van der Waals surface area contributed by atoms with E-state index < -0.39 is 0 Å². The molecule has 1 aliphatic heterocycles. The summed E-state index contributed by atoms with van der Waals surface area (Å²) in [5.41, 5.74) is 0.782. The minimum atomic E-state index is -0.0656. The van der Waals surface area contributed by atoms with Crippen molar-refractivity contribution in [3.8, 4) is 9.88 Å². The van der Waals surface area contributed by atoms with Gasteiger partial charge in [-0.15, -0.1) is 22.7 Å². The number of aromatic nitrogens is 1. The van der Waals surface area contributed by atoms with Gasteiger partial charge in [-0.2, -0.15) is 0 Å². The van der Waals surface area contributed by atoms with Crippen molar-refractivity contribution in [3.63, 3.8) is 0 Å². The summed E-state index contributed by atoms with van der Waals surface area (Å²) in [6.45, 7) is 4.72. The van der Waals surface area contributed by atoms with E-state index in [4.69, 9.17) is 0 Å². The number of carbonyl (C=O) groups is 1. The summed E-state index contributed by atoms with van der Waals surface area (Å²) in [6.07, 6.45) is 0.951. The Morgan fingerprint density at radius 1 is 1.57 bits per heavy atom. The van der Waals surface area contributed by atoms with Crippen molar-refractivity contribution in [2.75, 3.05) is 13.2 Å². The first kappa shape index (κ1) is 14.7. The largest absolute Gasteiger partial charge is 0.394 e. The smallest absolute Gasteiger partial charge is 0.266 e. The van der Waals surface area contributed by atoms with Crippen molar-refractivity contribution in [2.24, 2.45) is 5.92 Å². The van der Waals surface area contributed by atoms with Gasteiger partial charge in [0.25, 0.3) is 5.91 Å². The highest BCUT2D eigenvalue weighted by Crippen LogP contribution is 2.33. The lowest BCUT2D eigenvalue weighted by Crippen LogP contribution is -2.39. The lowest BCUT2D eigenvalue weighted by molar-refractivity contribution is 0.0652. The monoisotopic (exact) mass is 322 g/mol. The molecule has 4 nitrogen and oxygen atoms in total. The molecule has 2 atom stereocenters. The normalized spacial score (nSPS) is 22.0. The summed E-state index contributed by atoms with van der Waals surface area (Å²) < 4.78 is 0. The van der Waals surface area contributed by atoms with Gasteiger partial charge in [0.1, 0.15) is 9.88 Å². The maximum absolute atomic E-state index is 12.8. The van der Waals surface area contributed by atoms with E-state index in [0.717, 1.165) is 28.5 Å². The molecule has 2 unspecified atom stereocenters. The van der Waals surface area contributed by atoms with Gasteiger partial charge in [0.2, 0.25) is 0 Å². The summed E-state index contributed by atoms with van der Waals surface area (Å²) in [4.78, 5) is 20.9. The average Bonchev–Trinajstić information content (AvgIpc) is 3.16. The lowest BCUT2D eigenvalue weighted by atomic mass is 10.0. The molecule has 0 spiro atoms. The number of thiazole rings is 1. The van der Waals surface area contributed by atoms with Crippen LogP contribution in [0, 0.1) is 12.8 Å². The van der Waals surface area contributed by atoms with Crippen LogP contribution in [-0.4, -0.2) is 40.1 Å². The zero-order valence-electron chi connectivity index (χ0n) is 12.1. The first-order valence-corrected chi connectivity index (χ1v) is 8.74. The van der Waals surface area contributed by atoms with Crippen molar-refractivity contribution >= 4 is 28.6 Å². The SMILES string of the molecule is Cc1nc(-c2cccs2)sc1C(=O)N1CCC(C)C1CO. The molecule has 1 amide bonds. The van der Waals surface area contributed by atoms with Crippen LogP contribution in [-0.2, 0) is 0 Å². The molecular formula is C15H18N2O2S2. The van der Waals surface area contributed by atoms with Crippen LogP contribution in [0.2, 0.25) is 0 Å². The Morgan fingerprint density at radius 3 is 3.05 bits per heavy atom. The van der Waals surface area contributed by atoms with Gasteiger partial charge in [0.05, 0.1) is 23.2 Å². The predicted octanol–water partition coefficient (Wildman–Crippen LogP) is 3.02. The summed E-state index contributed by atoms with van der Waals surface area (Å²) in [5.74, 6) is 0.361. The zero-order valence-corrected chi connectivity index (χ0v) is 13.7. The molecule has 2 aromatic rings. The molecule has 0 radical (unpaired) electrons.